The van der Waals surface area contributed by atoms with E-state index in [0.29, 0.717) is 25.8 Å². The van der Waals surface area contributed by atoms with Gasteiger partial charge in [-0.3, -0.25) is 9.59 Å². The van der Waals surface area contributed by atoms with Crippen molar-refractivity contribution < 1.29 is 19.5 Å². The Morgan fingerprint density at radius 1 is 1.38 bits per heavy atom. The number of hydrogen-bond acceptors (Lipinski definition) is 3. The topological polar surface area (TPSA) is 113 Å². The van der Waals surface area contributed by atoms with Crippen molar-refractivity contribution in [2.75, 3.05) is 19.6 Å². The van der Waals surface area contributed by atoms with E-state index in [1.165, 1.54) is 4.90 Å². The molecule has 0 saturated carbocycles. The number of aliphatic carboxylic acids is 1. The van der Waals surface area contributed by atoms with Crippen LogP contribution in [0.3, 0.4) is 0 Å². The van der Waals surface area contributed by atoms with E-state index in [2.05, 4.69) is 5.32 Å². The van der Waals surface area contributed by atoms with Crippen LogP contribution < -0.4 is 11.1 Å². The highest BCUT2D eigenvalue weighted by molar-refractivity contribution is 5.82. The third kappa shape index (κ3) is 3.86. The molecule has 0 bridgehead atoms. The van der Waals surface area contributed by atoms with Gasteiger partial charge in [-0.05, 0) is 33.1 Å². The molecule has 120 valence electrons. The van der Waals surface area contributed by atoms with Gasteiger partial charge in [0.05, 0.1) is 10.8 Å². The number of amides is 3. The monoisotopic (exact) mass is 299 g/mol. The van der Waals surface area contributed by atoms with Crippen LogP contribution in [-0.4, -0.2) is 47.5 Å². The van der Waals surface area contributed by atoms with E-state index in [9.17, 15) is 19.5 Å². The zero-order valence-corrected chi connectivity index (χ0v) is 12.9. The summed E-state index contributed by atoms with van der Waals surface area (Å²) >= 11 is 0. The van der Waals surface area contributed by atoms with Crippen LogP contribution in [-0.2, 0) is 9.59 Å². The summed E-state index contributed by atoms with van der Waals surface area (Å²) in [5.74, 6) is -1.35. The number of rotatable bonds is 5. The summed E-state index contributed by atoms with van der Waals surface area (Å²) in [5, 5.41) is 12.1. The van der Waals surface area contributed by atoms with E-state index in [1.807, 2.05) is 6.92 Å². The third-order valence-electron chi connectivity index (χ3n) is 4.34. The van der Waals surface area contributed by atoms with E-state index in [1.54, 1.807) is 13.8 Å². The third-order valence-corrected chi connectivity index (χ3v) is 4.34. The Bertz CT molecular complexity index is 436. The molecule has 1 rings (SSSR count). The van der Waals surface area contributed by atoms with Gasteiger partial charge in [0.2, 0.25) is 5.91 Å². The van der Waals surface area contributed by atoms with Crippen LogP contribution in [0.5, 0.6) is 0 Å². The molecule has 1 aliphatic heterocycles. The van der Waals surface area contributed by atoms with Gasteiger partial charge < -0.3 is 21.1 Å². The summed E-state index contributed by atoms with van der Waals surface area (Å²) in [7, 11) is 0. The molecule has 1 unspecified atom stereocenters. The summed E-state index contributed by atoms with van der Waals surface area (Å²) in [5.41, 5.74) is 3.56. The van der Waals surface area contributed by atoms with E-state index < -0.39 is 22.7 Å². The van der Waals surface area contributed by atoms with Gasteiger partial charge in [0, 0.05) is 19.6 Å². The summed E-state index contributed by atoms with van der Waals surface area (Å²) in [6, 6.07) is -0.344. The molecular weight excluding hydrogens is 274 g/mol. The van der Waals surface area contributed by atoms with Crippen LogP contribution in [0, 0.1) is 10.8 Å². The van der Waals surface area contributed by atoms with Crippen molar-refractivity contribution in [3.05, 3.63) is 0 Å². The fourth-order valence-electron chi connectivity index (χ4n) is 2.41. The van der Waals surface area contributed by atoms with E-state index in [4.69, 9.17) is 5.73 Å². The average Bonchev–Trinajstić information content (AvgIpc) is 2.44. The molecule has 0 spiro atoms. The number of carboxylic acid groups (broad SMARTS) is 1. The van der Waals surface area contributed by atoms with Crippen LogP contribution in [0.1, 0.15) is 40.0 Å². The molecule has 1 saturated heterocycles. The van der Waals surface area contributed by atoms with Crippen LogP contribution in [0.2, 0.25) is 0 Å². The molecule has 1 heterocycles. The quantitative estimate of drug-likeness (QED) is 0.696. The van der Waals surface area contributed by atoms with Gasteiger partial charge in [0.15, 0.2) is 0 Å². The van der Waals surface area contributed by atoms with Crippen molar-refractivity contribution in [3.63, 3.8) is 0 Å². The van der Waals surface area contributed by atoms with Gasteiger partial charge in [0.25, 0.3) is 0 Å². The molecule has 7 nitrogen and oxygen atoms in total. The molecule has 0 aliphatic carbocycles. The van der Waals surface area contributed by atoms with Gasteiger partial charge in [-0.1, -0.05) is 6.92 Å². The Morgan fingerprint density at radius 3 is 2.48 bits per heavy atom. The lowest BCUT2D eigenvalue weighted by molar-refractivity contribution is -0.152. The molecule has 4 N–H and O–H groups in total. The number of carbonyl (C=O) groups is 3. The Balaban J connectivity index is 2.67. The predicted octanol–water partition coefficient (Wildman–Crippen LogP) is 0.784. The van der Waals surface area contributed by atoms with Crippen LogP contribution >= 0.6 is 0 Å². The minimum Gasteiger partial charge on any atom is -0.481 e. The maximum atomic E-state index is 12.2. The number of carboxylic acids is 1. The Kier molecular flexibility index (Phi) is 5.20. The Labute approximate surface area is 124 Å². The molecule has 1 atom stereocenters. The highest BCUT2D eigenvalue weighted by Gasteiger charge is 2.42. The molecule has 0 aromatic rings. The average molecular weight is 299 g/mol. The standard InChI is InChI=1S/C14H25N3O4/c1-4-14(11(19)20)6-5-7-17(9-14)12(21)16-8-13(2,3)10(15)18/h4-9H2,1-3H3,(H2,15,18)(H,16,21)(H,19,20). The van der Waals surface area contributed by atoms with Crippen molar-refractivity contribution >= 4 is 17.9 Å². The molecule has 1 fully saturated rings. The number of nitrogens with zero attached hydrogens (tertiary/aromatic N) is 1. The van der Waals surface area contributed by atoms with Gasteiger partial charge in [0.1, 0.15) is 0 Å². The fourth-order valence-corrected chi connectivity index (χ4v) is 2.41. The number of piperidine rings is 1. The maximum absolute atomic E-state index is 12.2. The number of primary amides is 1. The van der Waals surface area contributed by atoms with Crippen molar-refractivity contribution in [1.29, 1.82) is 0 Å². The first kappa shape index (κ1) is 17.3. The number of carbonyl (C=O) groups excluding carboxylic acids is 2. The summed E-state index contributed by atoms with van der Waals surface area (Å²) < 4.78 is 0. The highest BCUT2D eigenvalue weighted by Crippen LogP contribution is 2.33. The molecule has 1 aliphatic rings. The Morgan fingerprint density at radius 2 is 2.00 bits per heavy atom. The minimum absolute atomic E-state index is 0.129. The second-order valence-electron chi connectivity index (χ2n) is 6.37. The fraction of sp³-hybridized carbons (Fsp3) is 0.786. The number of hydrogen-bond donors (Lipinski definition) is 3. The predicted molar refractivity (Wildman–Crippen MR) is 77.5 cm³/mol. The number of nitrogens with two attached hydrogens (primary N) is 1. The lowest BCUT2D eigenvalue weighted by atomic mass is 9.78. The first-order valence-corrected chi connectivity index (χ1v) is 7.21. The zero-order chi connectivity index (χ0) is 16.3. The largest absolute Gasteiger partial charge is 0.481 e. The summed E-state index contributed by atoms with van der Waals surface area (Å²) in [6.45, 7) is 5.98. The van der Waals surface area contributed by atoms with Crippen molar-refractivity contribution in [1.82, 2.24) is 10.2 Å². The first-order chi connectivity index (χ1) is 9.64. The first-order valence-electron chi connectivity index (χ1n) is 7.21. The molecule has 7 heteroatoms. The van der Waals surface area contributed by atoms with E-state index in [-0.39, 0.29) is 19.1 Å². The SMILES string of the molecule is CCC1(C(=O)O)CCCN(C(=O)NCC(C)(C)C(N)=O)C1. The second-order valence-corrected chi connectivity index (χ2v) is 6.37. The Hall–Kier alpha value is -1.79. The smallest absolute Gasteiger partial charge is 0.317 e. The normalized spacial score (nSPS) is 22.7. The van der Waals surface area contributed by atoms with Crippen LogP contribution in [0.15, 0.2) is 0 Å². The lowest BCUT2D eigenvalue weighted by Gasteiger charge is -2.39. The molecule has 3 amide bonds. The lowest BCUT2D eigenvalue weighted by Crippen LogP contribution is -2.54. The van der Waals surface area contributed by atoms with E-state index >= 15 is 0 Å². The number of likely N-dealkylation sites (tertiary alicyclic amines) is 1. The second kappa shape index (κ2) is 6.32. The molecule has 0 aromatic carbocycles. The summed E-state index contributed by atoms with van der Waals surface area (Å²) in [6.07, 6.45) is 1.72. The number of nitrogens with one attached hydrogen (secondary N) is 1. The summed E-state index contributed by atoms with van der Waals surface area (Å²) in [4.78, 5) is 36.4. The van der Waals surface area contributed by atoms with Crippen molar-refractivity contribution in [2.24, 2.45) is 16.6 Å². The molecule has 21 heavy (non-hydrogen) atoms. The zero-order valence-electron chi connectivity index (χ0n) is 12.9. The van der Waals surface area contributed by atoms with Crippen LogP contribution in [0.25, 0.3) is 0 Å². The number of urea groups is 1. The minimum atomic E-state index is -0.866. The molecule has 0 radical (unpaired) electrons. The van der Waals surface area contributed by atoms with Crippen LogP contribution in [0.4, 0.5) is 4.79 Å². The maximum Gasteiger partial charge on any atom is 0.317 e. The molecule has 0 aromatic heterocycles. The van der Waals surface area contributed by atoms with Gasteiger partial charge in [-0.15, -0.1) is 0 Å². The highest BCUT2D eigenvalue weighted by atomic mass is 16.4. The molecular formula is C14H25N3O4. The van der Waals surface area contributed by atoms with Crippen molar-refractivity contribution in [3.8, 4) is 0 Å². The van der Waals surface area contributed by atoms with Crippen molar-refractivity contribution in [2.45, 2.75) is 40.0 Å². The van der Waals surface area contributed by atoms with E-state index in [0.717, 1.165) is 0 Å². The van der Waals surface area contributed by atoms with Gasteiger partial charge >= 0.3 is 12.0 Å². The van der Waals surface area contributed by atoms with Gasteiger partial charge in [-0.2, -0.15) is 0 Å². The van der Waals surface area contributed by atoms with Gasteiger partial charge in [-0.25, -0.2) is 4.79 Å².